The van der Waals surface area contributed by atoms with Crippen molar-refractivity contribution in [2.45, 2.75) is 39.0 Å². The molecule has 4 heteroatoms. The minimum Gasteiger partial charge on any atom is -0.380 e. The Hall–Kier alpha value is -1.39. The van der Waals surface area contributed by atoms with Crippen LogP contribution in [0.25, 0.3) is 11.0 Å². The maximum absolute atomic E-state index is 5.64. The van der Waals surface area contributed by atoms with E-state index in [4.69, 9.17) is 4.74 Å². The van der Waals surface area contributed by atoms with Crippen LogP contribution in [0.1, 0.15) is 39.2 Å². The number of hydrogen-bond acceptors (Lipinski definition) is 3. The standard InChI is InChI=1S/C19H29N3O/c1-4-10-23-11-9-22-8-7-19(3,15(2)13-22)16-5-6-17-18(12-16)21-14-20-17/h5-6,12,14-15H,4,7-11,13H2,1-3H3,(H,20,21)/t15-,19-/m0/s1. The van der Waals surface area contributed by atoms with Gasteiger partial charge in [0, 0.05) is 19.7 Å². The van der Waals surface area contributed by atoms with E-state index in [9.17, 15) is 0 Å². The van der Waals surface area contributed by atoms with Gasteiger partial charge < -0.3 is 14.6 Å². The molecule has 2 atom stereocenters. The number of aromatic amines is 1. The number of fused-ring (bicyclic) bond motifs is 1. The van der Waals surface area contributed by atoms with E-state index >= 15 is 0 Å². The topological polar surface area (TPSA) is 41.1 Å². The molecule has 1 N–H and O–H groups in total. The van der Waals surface area contributed by atoms with Crippen molar-refractivity contribution in [1.82, 2.24) is 14.9 Å². The fourth-order valence-electron chi connectivity index (χ4n) is 3.68. The van der Waals surface area contributed by atoms with E-state index in [0.29, 0.717) is 5.92 Å². The first-order valence-corrected chi connectivity index (χ1v) is 8.87. The van der Waals surface area contributed by atoms with Crippen molar-refractivity contribution < 1.29 is 4.74 Å². The summed E-state index contributed by atoms with van der Waals surface area (Å²) < 4.78 is 5.64. The normalized spacial score (nSPS) is 26.0. The molecule has 0 radical (unpaired) electrons. The van der Waals surface area contributed by atoms with E-state index in [1.807, 2.05) is 0 Å². The zero-order chi connectivity index (χ0) is 16.3. The maximum Gasteiger partial charge on any atom is 0.0931 e. The van der Waals surface area contributed by atoms with Gasteiger partial charge in [-0.25, -0.2) is 4.98 Å². The van der Waals surface area contributed by atoms with Gasteiger partial charge in [0.25, 0.3) is 0 Å². The highest BCUT2D eigenvalue weighted by Crippen LogP contribution is 2.39. The number of aromatic nitrogens is 2. The summed E-state index contributed by atoms with van der Waals surface area (Å²) in [4.78, 5) is 10.2. The molecule has 2 heterocycles. The average Bonchev–Trinajstić information content (AvgIpc) is 3.02. The molecule has 1 aromatic heterocycles. The van der Waals surface area contributed by atoms with E-state index in [2.05, 4.69) is 53.8 Å². The van der Waals surface area contributed by atoms with Crippen LogP contribution in [0.2, 0.25) is 0 Å². The lowest BCUT2D eigenvalue weighted by molar-refractivity contribution is 0.0636. The van der Waals surface area contributed by atoms with Gasteiger partial charge in [-0.2, -0.15) is 0 Å². The second-order valence-corrected chi connectivity index (χ2v) is 7.12. The lowest BCUT2D eigenvalue weighted by Gasteiger charge is -2.45. The molecule has 1 aromatic carbocycles. The Bertz CT molecular complexity index is 638. The van der Waals surface area contributed by atoms with Gasteiger partial charge in [-0.1, -0.05) is 26.8 Å². The Labute approximate surface area is 139 Å². The van der Waals surface area contributed by atoms with Crippen LogP contribution in [0.15, 0.2) is 24.5 Å². The van der Waals surface area contributed by atoms with E-state index in [1.165, 1.54) is 12.0 Å². The summed E-state index contributed by atoms with van der Waals surface area (Å²) in [6.45, 7) is 12.0. The van der Waals surface area contributed by atoms with Gasteiger partial charge in [-0.15, -0.1) is 0 Å². The third-order valence-corrected chi connectivity index (χ3v) is 5.55. The van der Waals surface area contributed by atoms with Crippen molar-refractivity contribution in [2.75, 3.05) is 32.8 Å². The van der Waals surface area contributed by atoms with Gasteiger partial charge in [0.2, 0.25) is 0 Å². The van der Waals surface area contributed by atoms with Gasteiger partial charge in [0.1, 0.15) is 0 Å². The number of H-pyrrole nitrogens is 1. The molecule has 2 aromatic rings. The number of benzene rings is 1. The van der Waals surface area contributed by atoms with Crippen molar-refractivity contribution in [1.29, 1.82) is 0 Å². The van der Waals surface area contributed by atoms with Crippen LogP contribution >= 0.6 is 0 Å². The first kappa shape index (κ1) is 16.5. The Morgan fingerprint density at radius 2 is 2.26 bits per heavy atom. The molecule has 0 saturated carbocycles. The first-order valence-electron chi connectivity index (χ1n) is 8.87. The van der Waals surface area contributed by atoms with Crippen LogP contribution in [0.4, 0.5) is 0 Å². The van der Waals surface area contributed by atoms with E-state index in [-0.39, 0.29) is 5.41 Å². The number of imidazole rings is 1. The Kier molecular flexibility index (Phi) is 5.02. The second-order valence-electron chi connectivity index (χ2n) is 7.12. The molecule has 3 rings (SSSR count). The van der Waals surface area contributed by atoms with Gasteiger partial charge in [-0.3, -0.25) is 0 Å². The van der Waals surface area contributed by atoms with Crippen LogP contribution in [-0.4, -0.2) is 47.7 Å². The number of nitrogens with one attached hydrogen (secondary N) is 1. The minimum atomic E-state index is 0.230. The fraction of sp³-hybridized carbons (Fsp3) is 0.632. The number of rotatable bonds is 6. The van der Waals surface area contributed by atoms with Crippen molar-refractivity contribution in [3.63, 3.8) is 0 Å². The molecule has 1 aliphatic rings. The molecule has 0 unspecified atom stereocenters. The van der Waals surface area contributed by atoms with Gasteiger partial charge in [0.05, 0.1) is 24.0 Å². The summed E-state index contributed by atoms with van der Waals surface area (Å²) in [7, 11) is 0. The summed E-state index contributed by atoms with van der Waals surface area (Å²) in [5.41, 5.74) is 3.85. The quantitative estimate of drug-likeness (QED) is 0.828. The molecule has 1 fully saturated rings. The number of ether oxygens (including phenoxy) is 1. The summed E-state index contributed by atoms with van der Waals surface area (Å²) in [5, 5.41) is 0. The molecule has 4 nitrogen and oxygen atoms in total. The molecule has 0 aliphatic carbocycles. The number of piperidine rings is 1. The van der Waals surface area contributed by atoms with Crippen LogP contribution < -0.4 is 0 Å². The predicted molar refractivity (Wildman–Crippen MR) is 94.8 cm³/mol. The monoisotopic (exact) mass is 315 g/mol. The van der Waals surface area contributed by atoms with Crippen LogP contribution in [0.3, 0.4) is 0 Å². The van der Waals surface area contributed by atoms with Crippen molar-refractivity contribution in [3.8, 4) is 0 Å². The van der Waals surface area contributed by atoms with Crippen molar-refractivity contribution in [3.05, 3.63) is 30.1 Å². The molecule has 0 bridgehead atoms. The lowest BCUT2D eigenvalue weighted by Crippen LogP contribution is -2.48. The number of hydrogen-bond donors (Lipinski definition) is 1. The zero-order valence-corrected chi connectivity index (χ0v) is 14.6. The van der Waals surface area contributed by atoms with Gasteiger partial charge in [0.15, 0.2) is 0 Å². The summed E-state index contributed by atoms with van der Waals surface area (Å²) in [5.74, 6) is 0.624. The number of likely N-dealkylation sites (tertiary alicyclic amines) is 1. The van der Waals surface area contributed by atoms with E-state index in [0.717, 1.165) is 50.3 Å². The number of nitrogens with zero attached hydrogens (tertiary/aromatic N) is 2. The zero-order valence-electron chi connectivity index (χ0n) is 14.6. The molecular formula is C19H29N3O. The average molecular weight is 315 g/mol. The third kappa shape index (κ3) is 3.43. The molecule has 126 valence electrons. The van der Waals surface area contributed by atoms with Crippen LogP contribution in [0, 0.1) is 5.92 Å². The van der Waals surface area contributed by atoms with Crippen LogP contribution in [0.5, 0.6) is 0 Å². The second kappa shape index (κ2) is 7.02. The predicted octanol–water partition coefficient (Wildman–Crippen LogP) is 3.59. The Morgan fingerprint density at radius 3 is 3.04 bits per heavy atom. The lowest BCUT2D eigenvalue weighted by atomic mass is 9.68. The molecular weight excluding hydrogens is 286 g/mol. The SMILES string of the molecule is CCCOCCN1CC[C@](C)(c2ccc3[nH]cnc3c2)[C@@H](C)C1. The van der Waals surface area contributed by atoms with Gasteiger partial charge >= 0.3 is 0 Å². The van der Waals surface area contributed by atoms with Crippen molar-refractivity contribution in [2.24, 2.45) is 5.92 Å². The minimum absolute atomic E-state index is 0.230. The Morgan fingerprint density at radius 1 is 1.39 bits per heavy atom. The largest absolute Gasteiger partial charge is 0.380 e. The highest BCUT2D eigenvalue weighted by molar-refractivity contribution is 5.75. The smallest absolute Gasteiger partial charge is 0.0931 e. The Balaban J connectivity index is 1.66. The molecule has 23 heavy (non-hydrogen) atoms. The highest BCUT2D eigenvalue weighted by Gasteiger charge is 2.37. The molecule has 0 spiro atoms. The fourth-order valence-corrected chi connectivity index (χ4v) is 3.68. The summed E-state index contributed by atoms with van der Waals surface area (Å²) in [6, 6.07) is 6.71. The summed E-state index contributed by atoms with van der Waals surface area (Å²) >= 11 is 0. The first-order chi connectivity index (χ1) is 11.1. The van der Waals surface area contributed by atoms with Crippen LogP contribution in [-0.2, 0) is 10.2 Å². The molecule has 0 amide bonds. The maximum atomic E-state index is 5.64. The van der Waals surface area contributed by atoms with E-state index < -0.39 is 0 Å². The van der Waals surface area contributed by atoms with Crippen molar-refractivity contribution >= 4 is 11.0 Å². The highest BCUT2D eigenvalue weighted by atomic mass is 16.5. The van der Waals surface area contributed by atoms with Gasteiger partial charge in [-0.05, 0) is 48.4 Å². The van der Waals surface area contributed by atoms with E-state index in [1.54, 1.807) is 6.33 Å². The third-order valence-electron chi connectivity index (χ3n) is 5.55. The summed E-state index contributed by atoms with van der Waals surface area (Å²) in [6.07, 6.45) is 4.07. The molecule has 1 aliphatic heterocycles. The molecule has 1 saturated heterocycles.